The molecule has 1 rings (SSSR count). The van der Waals surface area contributed by atoms with Gasteiger partial charge in [0.2, 0.25) is 0 Å². The lowest BCUT2D eigenvalue weighted by Crippen LogP contribution is -2.36. The first kappa shape index (κ1) is 10.5. The summed E-state index contributed by atoms with van der Waals surface area (Å²) in [5.74, 6) is -1.39. The fourth-order valence-electron chi connectivity index (χ4n) is 1.11. The van der Waals surface area contributed by atoms with Gasteiger partial charge in [-0.25, -0.2) is 9.18 Å². The molecule has 0 spiro atoms. The molecule has 1 aromatic rings. The van der Waals surface area contributed by atoms with Gasteiger partial charge in [-0.2, -0.15) is 0 Å². The van der Waals surface area contributed by atoms with E-state index in [1.54, 1.807) is 25.2 Å². The van der Waals surface area contributed by atoms with Crippen molar-refractivity contribution in [3.8, 4) is 0 Å². The van der Waals surface area contributed by atoms with Gasteiger partial charge in [0.1, 0.15) is 11.9 Å². The highest BCUT2D eigenvalue weighted by Gasteiger charge is 2.18. The van der Waals surface area contributed by atoms with E-state index in [1.807, 2.05) is 0 Å². The summed E-state index contributed by atoms with van der Waals surface area (Å²) < 4.78 is 13.2. The van der Waals surface area contributed by atoms with Gasteiger partial charge in [0.25, 0.3) is 0 Å². The van der Waals surface area contributed by atoms with Crippen molar-refractivity contribution in [2.45, 2.75) is 13.0 Å². The molecule has 14 heavy (non-hydrogen) atoms. The number of aliphatic carboxylic acids is 1. The Hall–Kier alpha value is -1.58. The summed E-state index contributed by atoms with van der Waals surface area (Å²) in [6.07, 6.45) is 0. The molecule has 0 saturated heterocycles. The Labute approximate surface area is 81.8 Å². The molecule has 0 amide bonds. The molecule has 0 unspecified atom stereocenters. The van der Waals surface area contributed by atoms with E-state index in [1.165, 1.54) is 17.9 Å². The summed E-state index contributed by atoms with van der Waals surface area (Å²) in [6.45, 7) is 1.51. The number of carbonyl (C=O) groups is 1. The molecule has 0 saturated carbocycles. The quantitative estimate of drug-likeness (QED) is 0.802. The van der Waals surface area contributed by atoms with E-state index < -0.39 is 17.8 Å². The number of hydrogen-bond acceptors (Lipinski definition) is 2. The van der Waals surface area contributed by atoms with Crippen LogP contribution in [0.15, 0.2) is 24.3 Å². The standard InChI is InChI=1S/C10H12FNO2/c1-7(10(13)14)12(2)9-6-4-3-5-8(9)11/h3-7H,1-2H3,(H,13,14)/t7-/m0/s1. The maximum atomic E-state index is 13.2. The number of rotatable bonds is 3. The van der Waals surface area contributed by atoms with Crippen molar-refractivity contribution in [2.75, 3.05) is 11.9 Å². The van der Waals surface area contributed by atoms with Crippen molar-refractivity contribution in [3.63, 3.8) is 0 Å². The Balaban J connectivity index is 2.94. The molecule has 0 aromatic heterocycles. The molecule has 3 nitrogen and oxygen atoms in total. The van der Waals surface area contributed by atoms with Crippen LogP contribution in [0, 0.1) is 5.82 Å². The van der Waals surface area contributed by atoms with Gasteiger partial charge in [0.15, 0.2) is 0 Å². The van der Waals surface area contributed by atoms with Crippen LogP contribution in [0.4, 0.5) is 10.1 Å². The van der Waals surface area contributed by atoms with E-state index in [0.717, 1.165) is 0 Å². The first-order valence-corrected chi connectivity index (χ1v) is 4.24. The fourth-order valence-corrected chi connectivity index (χ4v) is 1.11. The molecule has 1 atom stereocenters. The van der Waals surface area contributed by atoms with Crippen molar-refractivity contribution in [2.24, 2.45) is 0 Å². The summed E-state index contributed by atoms with van der Waals surface area (Å²) in [5, 5.41) is 8.74. The van der Waals surface area contributed by atoms with Crippen LogP contribution in [0.1, 0.15) is 6.92 Å². The largest absolute Gasteiger partial charge is 0.480 e. The van der Waals surface area contributed by atoms with Gasteiger partial charge in [-0.3, -0.25) is 0 Å². The molecule has 1 aromatic carbocycles. The minimum absolute atomic E-state index is 0.294. The molecule has 0 aliphatic heterocycles. The molecule has 0 bridgehead atoms. The van der Waals surface area contributed by atoms with Gasteiger partial charge in [0.05, 0.1) is 5.69 Å². The zero-order valence-corrected chi connectivity index (χ0v) is 8.07. The Morgan fingerprint density at radius 2 is 2.07 bits per heavy atom. The molecular formula is C10H12FNO2. The average Bonchev–Trinajstić information content (AvgIpc) is 2.16. The van der Waals surface area contributed by atoms with Crippen molar-refractivity contribution >= 4 is 11.7 Å². The predicted octanol–water partition coefficient (Wildman–Crippen LogP) is 1.74. The topological polar surface area (TPSA) is 40.5 Å². The fraction of sp³-hybridized carbons (Fsp3) is 0.300. The summed E-state index contributed by atoms with van der Waals surface area (Å²) in [5.41, 5.74) is 0.294. The van der Waals surface area contributed by atoms with Crippen LogP contribution in [0.2, 0.25) is 0 Å². The third-order valence-corrected chi connectivity index (χ3v) is 2.17. The van der Waals surface area contributed by atoms with Crippen molar-refractivity contribution < 1.29 is 14.3 Å². The highest BCUT2D eigenvalue weighted by molar-refractivity contribution is 5.77. The molecule has 4 heteroatoms. The van der Waals surface area contributed by atoms with Crippen molar-refractivity contribution in [3.05, 3.63) is 30.1 Å². The summed E-state index contributed by atoms with van der Waals surface area (Å²) in [6, 6.07) is 5.35. The zero-order valence-electron chi connectivity index (χ0n) is 8.07. The third kappa shape index (κ3) is 2.02. The summed E-state index contributed by atoms with van der Waals surface area (Å²) >= 11 is 0. The highest BCUT2D eigenvalue weighted by atomic mass is 19.1. The van der Waals surface area contributed by atoms with Crippen LogP contribution >= 0.6 is 0 Å². The zero-order chi connectivity index (χ0) is 10.7. The van der Waals surface area contributed by atoms with Crippen LogP contribution in [0.5, 0.6) is 0 Å². The Morgan fingerprint density at radius 1 is 1.50 bits per heavy atom. The smallest absolute Gasteiger partial charge is 0.326 e. The van der Waals surface area contributed by atoms with E-state index >= 15 is 0 Å². The number of benzene rings is 1. The van der Waals surface area contributed by atoms with Crippen molar-refractivity contribution in [1.82, 2.24) is 0 Å². The van der Waals surface area contributed by atoms with Crippen LogP contribution in [-0.4, -0.2) is 24.2 Å². The molecular weight excluding hydrogens is 185 g/mol. The Morgan fingerprint density at radius 3 is 2.57 bits per heavy atom. The Kier molecular flexibility index (Phi) is 3.06. The highest BCUT2D eigenvalue weighted by Crippen LogP contribution is 2.18. The lowest BCUT2D eigenvalue weighted by molar-refractivity contribution is -0.138. The van der Waals surface area contributed by atoms with Crippen LogP contribution in [0.3, 0.4) is 0 Å². The molecule has 1 N–H and O–H groups in total. The maximum Gasteiger partial charge on any atom is 0.326 e. The van der Waals surface area contributed by atoms with Crippen LogP contribution in [-0.2, 0) is 4.79 Å². The number of anilines is 1. The number of nitrogens with zero attached hydrogens (tertiary/aromatic N) is 1. The van der Waals surface area contributed by atoms with Gasteiger partial charge in [-0.15, -0.1) is 0 Å². The number of halogens is 1. The monoisotopic (exact) mass is 197 g/mol. The van der Waals surface area contributed by atoms with Crippen LogP contribution in [0.25, 0.3) is 0 Å². The number of carboxylic acids is 1. The maximum absolute atomic E-state index is 13.2. The second-order valence-electron chi connectivity index (χ2n) is 3.08. The van der Waals surface area contributed by atoms with Gasteiger partial charge in [-0.05, 0) is 19.1 Å². The van der Waals surface area contributed by atoms with Gasteiger partial charge in [0, 0.05) is 7.05 Å². The molecule has 76 valence electrons. The summed E-state index contributed by atoms with van der Waals surface area (Å²) in [7, 11) is 1.55. The van der Waals surface area contributed by atoms with E-state index in [0.29, 0.717) is 5.69 Å². The summed E-state index contributed by atoms with van der Waals surface area (Å²) in [4.78, 5) is 12.0. The average molecular weight is 197 g/mol. The molecule has 0 radical (unpaired) electrons. The SMILES string of the molecule is C[C@@H](C(=O)O)N(C)c1ccccc1F. The van der Waals surface area contributed by atoms with E-state index in [9.17, 15) is 9.18 Å². The Bertz CT molecular complexity index is 341. The number of hydrogen-bond donors (Lipinski definition) is 1. The second kappa shape index (κ2) is 4.09. The number of likely N-dealkylation sites (N-methyl/N-ethyl adjacent to an activating group) is 1. The van der Waals surface area contributed by atoms with Gasteiger partial charge >= 0.3 is 5.97 Å². The second-order valence-corrected chi connectivity index (χ2v) is 3.08. The molecule has 0 heterocycles. The first-order chi connectivity index (χ1) is 6.54. The normalized spacial score (nSPS) is 12.2. The molecule has 0 fully saturated rings. The number of para-hydroxylation sites is 1. The van der Waals surface area contributed by atoms with E-state index in [4.69, 9.17) is 5.11 Å². The van der Waals surface area contributed by atoms with Crippen LogP contribution < -0.4 is 4.90 Å². The lowest BCUT2D eigenvalue weighted by atomic mass is 10.2. The third-order valence-electron chi connectivity index (χ3n) is 2.17. The minimum Gasteiger partial charge on any atom is -0.480 e. The molecule has 0 aliphatic carbocycles. The van der Waals surface area contributed by atoms with E-state index in [2.05, 4.69) is 0 Å². The molecule has 0 aliphatic rings. The van der Waals surface area contributed by atoms with E-state index in [-0.39, 0.29) is 0 Å². The first-order valence-electron chi connectivity index (χ1n) is 4.24. The van der Waals surface area contributed by atoms with Gasteiger partial charge in [-0.1, -0.05) is 12.1 Å². The number of carboxylic acid groups (broad SMARTS) is 1. The minimum atomic E-state index is -0.976. The van der Waals surface area contributed by atoms with Gasteiger partial charge < -0.3 is 10.0 Å². The van der Waals surface area contributed by atoms with Crippen molar-refractivity contribution in [1.29, 1.82) is 0 Å². The predicted molar refractivity (Wildman–Crippen MR) is 51.9 cm³/mol. The lowest BCUT2D eigenvalue weighted by Gasteiger charge is -2.23.